The number of hydrogen-bond acceptors (Lipinski definition) is 4. The molecule has 0 aliphatic carbocycles. The van der Waals surface area contributed by atoms with Crippen molar-refractivity contribution < 1.29 is 13.2 Å². The molecule has 2 rings (SSSR count). The molecule has 0 saturated carbocycles. The van der Waals surface area contributed by atoms with Gasteiger partial charge in [-0.15, -0.1) is 0 Å². The Kier molecular flexibility index (Phi) is 6.87. The van der Waals surface area contributed by atoms with Gasteiger partial charge in [-0.25, -0.2) is 0 Å². The van der Waals surface area contributed by atoms with Gasteiger partial charge in [0.15, 0.2) is 5.96 Å². The number of alkyl halides is 3. The Morgan fingerprint density at radius 2 is 2.19 bits per heavy atom. The Labute approximate surface area is 152 Å². The van der Waals surface area contributed by atoms with Crippen molar-refractivity contribution in [1.82, 2.24) is 30.2 Å². The minimum absolute atomic E-state index is 0.0419. The van der Waals surface area contributed by atoms with Crippen LogP contribution in [0, 0.1) is 0 Å². The first-order valence-corrected chi connectivity index (χ1v) is 8.59. The van der Waals surface area contributed by atoms with Crippen molar-refractivity contribution >= 4 is 5.96 Å². The summed E-state index contributed by atoms with van der Waals surface area (Å²) in [7, 11) is 7.51. The molecule has 1 aromatic heterocycles. The summed E-state index contributed by atoms with van der Waals surface area (Å²) in [4.78, 5) is 7.70. The van der Waals surface area contributed by atoms with Gasteiger partial charge in [0.05, 0.1) is 18.8 Å². The van der Waals surface area contributed by atoms with Crippen molar-refractivity contribution in [3.63, 3.8) is 0 Å². The van der Waals surface area contributed by atoms with Gasteiger partial charge in [0.25, 0.3) is 0 Å². The molecule has 2 heterocycles. The van der Waals surface area contributed by atoms with Crippen LogP contribution in [0.5, 0.6) is 0 Å². The summed E-state index contributed by atoms with van der Waals surface area (Å²) in [6.07, 6.45) is 0.303. The normalized spacial score (nSPS) is 20.6. The molecular weight excluding hydrogens is 347 g/mol. The number of hydrogen-bond donors (Lipinski definition) is 2. The average molecular weight is 375 g/mol. The standard InChI is InChI=1S/C16H28F3N7/c1-20-15(23-13-5-6-26(10-13)11-16(17,18)19)21-8-14(24(2)3)12-7-22-25(4)9-12/h7,9,13-14H,5-6,8,10-11H2,1-4H3,(H2,20,21,23). The van der Waals surface area contributed by atoms with E-state index in [9.17, 15) is 13.2 Å². The molecule has 1 aliphatic heterocycles. The number of guanidine groups is 1. The molecule has 148 valence electrons. The Morgan fingerprint density at radius 3 is 2.73 bits per heavy atom. The second-order valence-corrected chi connectivity index (χ2v) is 6.86. The fourth-order valence-corrected chi connectivity index (χ4v) is 3.14. The molecule has 0 radical (unpaired) electrons. The molecule has 0 amide bonds. The van der Waals surface area contributed by atoms with Crippen molar-refractivity contribution in [3.05, 3.63) is 18.0 Å². The Balaban J connectivity index is 1.85. The molecule has 0 aromatic carbocycles. The minimum Gasteiger partial charge on any atom is -0.354 e. The number of nitrogens with one attached hydrogen (secondary N) is 2. The third-order valence-corrected chi connectivity index (χ3v) is 4.44. The van der Waals surface area contributed by atoms with Crippen LogP contribution in [-0.2, 0) is 7.05 Å². The van der Waals surface area contributed by atoms with Crippen molar-refractivity contribution in [2.75, 3.05) is 47.3 Å². The van der Waals surface area contributed by atoms with Gasteiger partial charge in [0, 0.05) is 51.5 Å². The van der Waals surface area contributed by atoms with E-state index in [1.165, 1.54) is 4.90 Å². The monoisotopic (exact) mass is 375 g/mol. The van der Waals surface area contributed by atoms with Gasteiger partial charge < -0.3 is 15.5 Å². The van der Waals surface area contributed by atoms with E-state index in [0.717, 1.165) is 5.56 Å². The Bertz CT molecular complexity index is 597. The quantitative estimate of drug-likeness (QED) is 0.570. The lowest BCUT2D eigenvalue weighted by Gasteiger charge is -2.25. The number of likely N-dealkylation sites (N-methyl/N-ethyl adjacent to an activating group) is 1. The van der Waals surface area contributed by atoms with Crippen LogP contribution in [0.2, 0.25) is 0 Å². The zero-order valence-electron chi connectivity index (χ0n) is 15.7. The molecule has 0 spiro atoms. The minimum atomic E-state index is -4.16. The molecule has 0 bridgehead atoms. The zero-order valence-corrected chi connectivity index (χ0v) is 15.7. The van der Waals surface area contributed by atoms with Gasteiger partial charge in [-0.3, -0.25) is 14.6 Å². The maximum absolute atomic E-state index is 12.5. The summed E-state index contributed by atoms with van der Waals surface area (Å²) in [6.45, 7) is 0.544. The van der Waals surface area contributed by atoms with E-state index in [2.05, 4.69) is 25.6 Å². The summed E-state index contributed by atoms with van der Waals surface area (Å²) in [5, 5.41) is 10.7. The van der Waals surface area contributed by atoms with E-state index in [0.29, 0.717) is 32.0 Å². The molecule has 26 heavy (non-hydrogen) atoms. The molecular formula is C16H28F3N7. The summed E-state index contributed by atoms with van der Waals surface area (Å²) in [5.74, 6) is 0.597. The first-order valence-electron chi connectivity index (χ1n) is 8.59. The van der Waals surface area contributed by atoms with Crippen LogP contribution >= 0.6 is 0 Å². The van der Waals surface area contributed by atoms with Gasteiger partial charge >= 0.3 is 6.18 Å². The number of likely N-dealkylation sites (tertiary alicyclic amines) is 1. The lowest BCUT2D eigenvalue weighted by atomic mass is 10.1. The van der Waals surface area contributed by atoms with Gasteiger partial charge in [-0.05, 0) is 20.5 Å². The summed E-state index contributed by atoms with van der Waals surface area (Å²) < 4.78 is 39.3. The zero-order chi connectivity index (χ0) is 19.3. The van der Waals surface area contributed by atoms with Crippen LogP contribution in [0.25, 0.3) is 0 Å². The van der Waals surface area contributed by atoms with Crippen molar-refractivity contribution in [1.29, 1.82) is 0 Å². The SMILES string of the molecule is CN=C(NCC(c1cnn(C)c1)N(C)C)NC1CCN(CC(F)(F)F)C1. The van der Waals surface area contributed by atoms with Crippen LogP contribution in [0.3, 0.4) is 0 Å². The third kappa shape index (κ3) is 6.17. The highest BCUT2D eigenvalue weighted by Gasteiger charge is 2.34. The Hall–Kier alpha value is -1.81. The van der Waals surface area contributed by atoms with Gasteiger partial charge in [-0.2, -0.15) is 18.3 Å². The van der Waals surface area contributed by atoms with Gasteiger partial charge in [-0.1, -0.05) is 0 Å². The van der Waals surface area contributed by atoms with Gasteiger partial charge in [0.1, 0.15) is 0 Å². The van der Waals surface area contributed by atoms with E-state index < -0.39 is 12.7 Å². The van der Waals surface area contributed by atoms with E-state index in [-0.39, 0.29) is 12.1 Å². The molecule has 2 unspecified atom stereocenters. The Morgan fingerprint density at radius 1 is 1.46 bits per heavy atom. The first kappa shape index (κ1) is 20.5. The fourth-order valence-electron chi connectivity index (χ4n) is 3.14. The van der Waals surface area contributed by atoms with Crippen LogP contribution in [0.15, 0.2) is 17.4 Å². The summed E-state index contributed by atoms with van der Waals surface area (Å²) in [6, 6.07) is 0.0623. The van der Waals surface area contributed by atoms with Crippen molar-refractivity contribution in [2.45, 2.75) is 24.7 Å². The predicted molar refractivity (Wildman–Crippen MR) is 95.0 cm³/mol. The lowest BCUT2D eigenvalue weighted by Crippen LogP contribution is -2.47. The molecule has 1 aromatic rings. The number of aliphatic imine (C=N–C) groups is 1. The number of halogens is 3. The molecule has 1 fully saturated rings. The third-order valence-electron chi connectivity index (χ3n) is 4.44. The number of aryl methyl sites for hydroxylation is 1. The van der Waals surface area contributed by atoms with Crippen LogP contribution in [0.4, 0.5) is 13.2 Å². The highest BCUT2D eigenvalue weighted by atomic mass is 19.4. The van der Waals surface area contributed by atoms with E-state index in [4.69, 9.17) is 0 Å². The average Bonchev–Trinajstić information content (AvgIpc) is 3.13. The molecule has 2 atom stereocenters. The molecule has 7 nitrogen and oxygen atoms in total. The smallest absolute Gasteiger partial charge is 0.354 e. The molecule has 1 saturated heterocycles. The van der Waals surface area contributed by atoms with Gasteiger partial charge in [0.2, 0.25) is 0 Å². The lowest BCUT2D eigenvalue weighted by molar-refractivity contribution is -0.143. The highest BCUT2D eigenvalue weighted by molar-refractivity contribution is 5.80. The first-order chi connectivity index (χ1) is 12.2. The largest absolute Gasteiger partial charge is 0.401 e. The van der Waals surface area contributed by atoms with Crippen molar-refractivity contribution in [2.24, 2.45) is 12.0 Å². The highest BCUT2D eigenvalue weighted by Crippen LogP contribution is 2.20. The van der Waals surface area contributed by atoms with E-state index >= 15 is 0 Å². The molecule has 10 heteroatoms. The van der Waals surface area contributed by atoms with Crippen LogP contribution < -0.4 is 10.6 Å². The summed E-state index contributed by atoms with van der Waals surface area (Å²) in [5.41, 5.74) is 1.08. The second kappa shape index (κ2) is 8.72. The predicted octanol–water partition coefficient (Wildman–Crippen LogP) is 0.824. The summed E-state index contributed by atoms with van der Waals surface area (Å²) >= 11 is 0. The number of aromatic nitrogens is 2. The van der Waals surface area contributed by atoms with Crippen LogP contribution in [0.1, 0.15) is 18.0 Å². The number of rotatable bonds is 6. The second-order valence-electron chi connectivity index (χ2n) is 6.86. The van der Waals surface area contributed by atoms with Crippen molar-refractivity contribution in [3.8, 4) is 0 Å². The maximum Gasteiger partial charge on any atom is 0.401 e. The van der Waals surface area contributed by atoms with Crippen LogP contribution in [-0.4, -0.2) is 85.1 Å². The molecule has 1 aliphatic rings. The topological polar surface area (TPSA) is 60.7 Å². The fraction of sp³-hybridized carbons (Fsp3) is 0.750. The molecule has 2 N–H and O–H groups in total. The van der Waals surface area contributed by atoms with E-state index in [1.807, 2.05) is 33.5 Å². The van der Waals surface area contributed by atoms with E-state index in [1.54, 1.807) is 11.7 Å². The number of nitrogens with zero attached hydrogens (tertiary/aromatic N) is 5. The maximum atomic E-state index is 12.5.